The Morgan fingerprint density at radius 2 is 1.70 bits per heavy atom. The molecule has 0 atom stereocenters. The molecule has 0 nitrogen and oxygen atoms in total. The predicted octanol–water partition coefficient (Wildman–Crippen LogP) is -0.586. The summed E-state index contributed by atoms with van der Waals surface area (Å²) in [4.78, 5) is 0. The summed E-state index contributed by atoms with van der Waals surface area (Å²) in [7, 11) is 0. The minimum absolute atomic E-state index is 0. The van der Waals surface area contributed by atoms with Crippen LogP contribution in [-0.4, -0.2) is 23.1 Å². The Labute approximate surface area is 91.1 Å². The zero-order chi connectivity index (χ0) is 5.82. The standard InChI is InChI=1S/C8H15.BrH.Mg/c1-2-5-8-6-3-4-7-8;;/h8H,1-7H2;1H;/q-1;;+2/p-1. The molecule has 0 bridgehead atoms. The van der Waals surface area contributed by atoms with Crippen LogP contribution in [0.2, 0.25) is 0 Å². The summed E-state index contributed by atoms with van der Waals surface area (Å²) in [5, 5.41) is 0. The van der Waals surface area contributed by atoms with Gasteiger partial charge in [-0.05, 0) is 5.92 Å². The minimum atomic E-state index is 0. The second-order valence-electron chi connectivity index (χ2n) is 2.79. The molecule has 0 aromatic heterocycles. The van der Waals surface area contributed by atoms with Gasteiger partial charge in [-0.3, -0.25) is 0 Å². The fraction of sp³-hybridized carbons (Fsp3) is 0.875. The average Bonchev–Trinajstić information content (AvgIpc) is 2.19. The number of rotatable bonds is 2. The van der Waals surface area contributed by atoms with E-state index in [4.69, 9.17) is 0 Å². The van der Waals surface area contributed by atoms with Crippen molar-refractivity contribution in [1.29, 1.82) is 0 Å². The molecule has 2 heteroatoms. The molecule has 1 rings (SSSR count). The molecule has 0 spiro atoms. The molecule has 1 aliphatic carbocycles. The fourth-order valence-electron chi connectivity index (χ4n) is 1.59. The Balaban J connectivity index is 0. The van der Waals surface area contributed by atoms with Crippen molar-refractivity contribution in [1.82, 2.24) is 0 Å². The Bertz CT molecular complexity index is 60.3. The molecule has 0 aromatic rings. The van der Waals surface area contributed by atoms with Crippen LogP contribution in [0.4, 0.5) is 0 Å². The predicted molar refractivity (Wildman–Crippen MR) is 42.3 cm³/mol. The van der Waals surface area contributed by atoms with Crippen molar-refractivity contribution in [2.24, 2.45) is 5.92 Å². The van der Waals surface area contributed by atoms with Gasteiger partial charge in [-0.2, -0.15) is 6.42 Å². The molecule has 0 aromatic carbocycles. The zero-order valence-corrected chi connectivity index (χ0v) is 9.61. The SMILES string of the molecule is [Br-].[CH2-]CCC1CCCC1.[Mg+2]. The molecule has 0 saturated heterocycles. The van der Waals surface area contributed by atoms with Crippen molar-refractivity contribution in [3.63, 3.8) is 0 Å². The summed E-state index contributed by atoms with van der Waals surface area (Å²) in [6.45, 7) is 3.85. The molecule has 1 saturated carbocycles. The Hall–Kier alpha value is 1.25. The minimum Gasteiger partial charge on any atom is -1.00 e. The Morgan fingerprint density at radius 3 is 2.10 bits per heavy atom. The molecule has 0 N–H and O–H groups in total. The number of hydrogen-bond donors (Lipinski definition) is 0. The van der Waals surface area contributed by atoms with Gasteiger partial charge < -0.3 is 23.9 Å². The van der Waals surface area contributed by atoms with Crippen LogP contribution in [0.3, 0.4) is 0 Å². The molecule has 56 valence electrons. The van der Waals surface area contributed by atoms with E-state index >= 15 is 0 Å². The van der Waals surface area contributed by atoms with Gasteiger partial charge in [-0.25, -0.2) is 0 Å². The van der Waals surface area contributed by atoms with Crippen molar-refractivity contribution in [3.05, 3.63) is 6.92 Å². The molecule has 1 fully saturated rings. The first-order valence-electron chi connectivity index (χ1n) is 3.72. The van der Waals surface area contributed by atoms with E-state index in [1.165, 1.54) is 32.1 Å². The fourth-order valence-corrected chi connectivity index (χ4v) is 1.59. The molecule has 0 amide bonds. The van der Waals surface area contributed by atoms with E-state index in [1.54, 1.807) is 0 Å². The van der Waals surface area contributed by atoms with Gasteiger partial charge in [0.15, 0.2) is 0 Å². The topological polar surface area (TPSA) is 0 Å². The maximum atomic E-state index is 3.85. The third-order valence-corrected chi connectivity index (χ3v) is 2.09. The average molecular weight is 215 g/mol. The van der Waals surface area contributed by atoms with Crippen LogP contribution in [0.1, 0.15) is 38.5 Å². The summed E-state index contributed by atoms with van der Waals surface area (Å²) in [5.41, 5.74) is 0. The first-order chi connectivity index (χ1) is 3.93. The van der Waals surface area contributed by atoms with E-state index in [-0.39, 0.29) is 40.0 Å². The van der Waals surface area contributed by atoms with Gasteiger partial charge in [-0.15, -0.1) is 0 Å². The van der Waals surface area contributed by atoms with Crippen molar-refractivity contribution in [3.8, 4) is 0 Å². The van der Waals surface area contributed by atoms with Crippen LogP contribution >= 0.6 is 0 Å². The van der Waals surface area contributed by atoms with E-state index in [0.29, 0.717) is 0 Å². The molecular weight excluding hydrogens is 200 g/mol. The molecule has 10 heavy (non-hydrogen) atoms. The van der Waals surface area contributed by atoms with Gasteiger partial charge in [-0.1, -0.05) is 32.1 Å². The van der Waals surface area contributed by atoms with Crippen molar-refractivity contribution in [2.45, 2.75) is 38.5 Å². The van der Waals surface area contributed by atoms with Crippen LogP contribution in [0, 0.1) is 12.8 Å². The van der Waals surface area contributed by atoms with Crippen LogP contribution in [0.15, 0.2) is 0 Å². The smallest absolute Gasteiger partial charge is 1.00 e. The van der Waals surface area contributed by atoms with E-state index in [0.717, 1.165) is 12.3 Å². The van der Waals surface area contributed by atoms with Crippen molar-refractivity contribution < 1.29 is 17.0 Å². The van der Waals surface area contributed by atoms with E-state index in [9.17, 15) is 0 Å². The van der Waals surface area contributed by atoms with Gasteiger partial charge >= 0.3 is 23.1 Å². The zero-order valence-electron chi connectivity index (χ0n) is 6.61. The van der Waals surface area contributed by atoms with E-state index < -0.39 is 0 Å². The van der Waals surface area contributed by atoms with Gasteiger partial charge in [0.2, 0.25) is 0 Å². The Kier molecular flexibility index (Phi) is 11.5. The third-order valence-electron chi connectivity index (χ3n) is 2.09. The van der Waals surface area contributed by atoms with E-state index in [1.807, 2.05) is 0 Å². The first-order valence-corrected chi connectivity index (χ1v) is 3.72. The Morgan fingerprint density at radius 1 is 1.20 bits per heavy atom. The monoisotopic (exact) mass is 214 g/mol. The largest absolute Gasteiger partial charge is 2.00 e. The second-order valence-corrected chi connectivity index (χ2v) is 2.79. The van der Waals surface area contributed by atoms with Gasteiger partial charge in [0.1, 0.15) is 0 Å². The molecular formula is C8H15BrMg. The van der Waals surface area contributed by atoms with Crippen LogP contribution in [-0.2, 0) is 0 Å². The summed E-state index contributed by atoms with van der Waals surface area (Å²) >= 11 is 0. The number of hydrogen-bond acceptors (Lipinski definition) is 0. The summed E-state index contributed by atoms with van der Waals surface area (Å²) in [6.07, 6.45) is 8.44. The quantitative estimate of drug-likeness (QED) is 0.427. The third kappa shape index (κ3) is 4.97. The first kappa shape index (κ1) is 13.8. The summed E-state index contributed by atoms with van der Waals surface area (Å²) < 4.78 is 0. The molecule has 0 aliphatic heterocycles. The molecule has 0 heterocycles. The van der Waals surface area contributed by atoms with Crippen LogP contribution in [0.5, 0.6) is 0 Å². The van der Waals surface area contributed by atoms with E-state index in [2.05, 4.69) is 6.92 Å². The molecule has 1 aliphatic rings. The maximum absolute atomic E-state index is 3.85. The van der Waals surface area contributed by atoms with Crippen molar-refractivity contribution in [2.75, 3.05) is 0 Å². The summed E-state index contributed by atoms with van der Waals surface area (Å²) in [5.74, 6) is 1.05. The van der Waals surface area contributed by atoms with Crippen molar-refractivity contribution >= 4 is 23.1 Å². The van der Waals surface area contributed by atoms with Gasteiger partial charge in [0.25, 0.3) is 0 Å². The second kappa shape index (κ2) is 8.34. The van der Waals surface area contributed by atoms with Crippen LogP contribution in [0.25, 0.3) is 0 Å². The van der Waals surface area contributed by atoms with Gasteiger partial charge in [0, 0.05) is 0 Å². The van der Waals surface area contributed by atoms with Crippen LogP contribution < -0.4 is 17.0 Å². The van der Waals surface area contributed by atoms with Gasteiger partial charge in [0.05, 0.1) is 0 Å². The normalized spacial score (nSPS) is 17.7. The molecule has 0 radical (unpaired) electrons. The molecule has 0 unspecified atom stereocenters. The maximum Gasteiger partial charge on any atom is 2.00 e. The summed E-state index contributed by atoms with van der Waals surface area (Å²) in [6, 6.07) is 0. The number of halogens is 1.